The van der Waals surface area contributed by atoms with Crippen LogP contribution < -0.4 is 5.32 Å². The standard InChI is InChI=1S/C17H33N3O/c1-5-15(6-2)20(11-12-21-4)16-9-8-10-17(13-16,14-18)19-7-3/h15-16,19H,5-13H2,1-4H3. The van der Waals surface area contributed by atoms with Crippen molar-refractivity contribution in [3.8, 4) is 6.07 Å². The average Bonchev–Trinajstić information content (AvgIpc) is 2.52. The Morgan fingerprint density at radius 2 is 2.10 bits per heavy atom. The molecule has 4 nitrogen and oxygen atoms in total. The Balaban J connectivity index is 2.83. The van der Waals surface area contributed by atoms with Crippen molar-refractivity contribution in [1.82, 2.24) is 10.2 Å². The molecule has 0 amide bonds. The summed E-state index contributed by atoms with van der Waals surface area (Å²) in [4.78, 5) is 2.60. The zero-order chi connectivity index (χ0) is 15.7. The fourth-order valence-corrected chi connectivity index (χ4v) is 3.79. The molecule has 122 valence electrons. The van der Waals surface area contributed by atoms with Crippen molar-refractivity contribution in [3.63, 3.8) is 0 Å². The summed E-state index contributed by atoms with van der Waals surface area (Å²) in [5, 5.41) is 13.1. The van der Waals surface area contributed by atoms with Gasteiger partial charge in [-0.2, -0.15) is 5.26 Å². The normalized spacial score (nSPS) is 26.2. The highest BCUT2D eigenvalue weighted by Gasteiger charge is 2.39. The van der Waals surface area contributed by atoms with Crippen molar-refractivity contribution >= 4 is 0 Å². The molecule has 0 radical (unpaired) electrons. The number of nitrogens with zero attached hydrogens (tertiary/aromatic N) is 2. The Morgan fingerprint density at radius 1 is 1.38 bits per heavy atom. The topological polar surface area (TPSA) is 48.3 Å². The van der Waals surface area contributed by atoms with Crippen LogP contribution >= 0.6 is 0 Å². The van der Waals surface area contributed by atoms with E-state index in [1.807, 2.05) is 0 Å². The number of hydrogen-bond acceptors (Lipinski definition) is 4. The molecule has 21 heavy (non-hydrogen) atoms. The van der Waals surface area contributed by atoms with Gasteiger partial charge in [-0.05, 0) is 45.1 Å². The lowest BCUT2D eigenvalue weighted by molar-refractivity contribution is 0.0482. The van der Waals surface area contributed by atoms with Gasteiger partial charge in [-0.15, -0.1) is 0 Å². The lowest BCUT2D eigenvalue weighted by atomic mass is 9.78. The molecule has 0 bridgehead atoms. The van der Waals surface area contributed by atoms with E-state index < -0.39 is 0 Å². The molecule has 0 aromatic carbocycles. The summed E-state index contributed by atoms with van der Waals surface area (Å²) in [6.07, 6.45) is 6.59. The first-order chi connectivity index (χ1) is 10.2. The summed E-state index contributed by atoms with van der Waals surface area (Å²) in [6, 6.07) is 3.66. The molecule has 0 saturated heterocycles. The first-order valence-corrected chi connectivity index (χ1v) is 8.57. The van der Waals surface area contributed by atoms with Gasteiger partial charge in [0.25, 0.3) is 0 Å². The molecule has 2 unspecified atom stereocenters. The van der Waals surface area contributed by atoms with Crippen LogP contribution in [-0.4, -0.2) is 49.3 Å². The van der Waals surface area contributed by atoms with Crippen molar-refractivity contribution < 1.29 is 4.74 Å². The predicted molar refractivity (Wildman–Crippen MR) is 87.2 cm³/mol. The van der Waals surface area contributed by atoms with Crippen LogP contribution in [0.3, 0.4) is 0 Å². The van der Waals surface area contributed by atoms with Crippen LogP contribution in [-0.2, 0) is 4.74 Å². The lowest BCUT2D eigenvalue weighted by Crippen LogP contribution is -2.55. The van der Waals surface area contributed by atoms with E-state index in [1.54, 1.807) is 7.11 Å². The molecule has 1 aliphatic rings. The van der Waals surface area contributed by atoms with Crippen LogP contribution in [0.1, 0.15) is 59.3 Å². The van der Waals surface area contributed by atoms with Gasteiger partial charge in [-0.25, -0.2) is 0 Å². The van der Waals surface area contributed by atoms with Gasteiger partial charge < -0.3 is 4.74 Å². The van der Waals surface area contributed by atoms with Gasteiger partial charge in [-0.3, -0.25) is 10.2 Å². The SMILES string of the molecule is CCNC1(C#N)CCCC(N(CCOC)C(CC)CC)C1. The molecule has 2 atom stereocenters. The smallest absolute Gasteiger partial charge is 0.108 e. The number of methoxy groups -OCH3 is 1. The molecule has 1 aliphatic carbocycles. The van der Waals surface area contributed by atoms with Crippen LogP contribution in [0, 0.1) is 11.3 Å². The second kappa shape index (κ2) is 9.40. The van der Waals surface area contributed by atoms with Gasteiger partial charge >= 0.3 is 0 Å². The van der Waals surface area contributed by atoms with Crippen molar-refractivity contribution in [3.05, 3.63) is 0 Å². The second-order valence-electron chi connectivity index (χ2n) is 6.18. The molecule has 0 heterocycles. The van der Waals surface area contributed by atoms with E-state index in [4.69, 9.17) is 4.74 Å². The van der Waals surface area contributed by atoms with Crippen LogP contribution in [0.25, 0.3) is 0 Å². The maximum Gasteiger partial charge on any atom is 0.108 e. The third kappa shape index (κ3) is 4.95. The lowest BCUT2D eigenvalue weighted by Gasteiger charge is -2.44. The van der Waals surface area contributed by atoms with Crippen molar-refractivity contribution in [2.75, 3.05) is 26.8 Å². The van der Waals surface area contributed by atoms with Crippen molar-refractivity contribution in [2.45, 2.75) is 76.9 Å². The maximum absolute atomic E-state index is 9.65. The Hall–Kier alpha value is -0.630. The summed E-state index contributed by atoms with van der Waals surface area (Å²) < 4.78 is 5.31. The molecular weight excluding hydrogens is 262 g/mol. The third-order valence-electron chi connectivity index (χ3n) is 4.89. The van der Waals surface area contributed by atoms with Gasteiger partial charge in [0.05, 0.1) is 12.7 Å². The Morgan fingerprint density at radius 3 is 2.62 bits per heavy atom. The Kier molecular flexibility index (Phi) is 8.24. The number of ether oxygens (including phenoxy) is 1. The quantitative estimate of drug-likeness (QED) is 0.710. The van der Waals surface area contributed by atoms with Gasteiger partial charge in [0.2, 0.25) is 0 Å². The minimum Gasteiger partial charge on any atom is -0.383 e. The summed E-state index contributed by atoms with van der Waals surface area (Å²) in [6.45, 7) is 9.22. The minimum absolute atomic E-state index is 0.324. The highest BCUT2D eigenvalue weighted by atomic mass is 16.5. The third-order valence-corrected chi connectivity index (χ3v) is 4.89. The molecule has 1 N–H and O–H groups in total. The number of nitrogens with one attached hydrogen (secondary N) is 1. The van der Waals surface area contributed by atoms with E-state index in [9.17, 15) is 5.26 Å². The van der Waals surface area contributed by atoms with Crippen molar-refractivity contribution in [1.29, 1.82) is 5.26 Å². The summed E-state index contributed by atoms with van der Waals surface area (Å²) in [5.41, 5.74) is -0.324. The van der Waals surface area contributed by atoms with Gasteiger partial charge in [0, 0.05) is 25.7 Å². The molecule has 0 aliphatic heterocycles. The van der Waals surface area contributed by atoms with E-state index in [1.165, 1.54) is 6.42 Å². The highest BCUT2D eigenvalue weighted by molar-refractivity contribution is 5.11. The zero-order valence-electron chi connectivity index (χ0n) is 14.3. The Labute approximate surface area is 130 Å². The molecule has 1 rings (SSSR count). The van der Waals surface area contributed by atoms with E-state index in [-0.39, 0.29) is 5.54 Å². The predicted octanol–water partition coefficient (Wildman–Crippen LogP) is 2.94. The fraction of sp³-hybridized carbons (Fsp3) is 0.941. The maximum atomic E-state index is 9.65. The van der Waals surface area contributed by atoms with Crippen LogP contribution in [0.2, 0.25) is 0 Å². The van der Waals surface area contributed by atoms with E-state index >= 15 is 0 Å². The van der Waals surface area contributed by atoms with Gasteiger partial charge in [-0.1, -0.05) is 20.8 Å². The van der Waals surface area contributed by atoms with E-state index in [0.29, 0.717) is 12.1 Å². The number of hydrogen-bond donors (Lipinski definition) is 1. The van der Waals surface area contributed by atoms with Crippen LogP contribution in [0.5, 0.6) is 0 Å². The Bertz CT molecular complexity index is 320. The second-order valence-corrected chi connectivity index (χ2v) is 6.18. The van der Waals surface area contributed by atoms with Gasteiger partial charge in [0.15, 0.2) is 0 Å². The summed E-state index contributed by atoms with van der Waals surface area (Å²) in [7, 11) is 1.77. The summed E-state index contributed by atoms with van der Waals surface area (Å²) in [5.74, 6) is 0. The number of nitriles is 1. The van der Waals surface area contributed by atoms with E-state index in [0.717, 1.165) is 51.8 Å². The average molecular weight is 295 g/mol. The first kappa shape index (κ1) is 18.4. The van der Waals surface area contributed by atoms with Crippen LogP contribution in [0.15, 0.2) is 0 Å². The highest BCUT2D eigenvalue weighted by Crippen LogP contribution is 2.32. The molecule has 4 heteroatoms. The minimum atomic E-state index is -0.324. The largest absolute Gasteiger partial charge is 0.383 e. The summed E-state index contributed by atoms with van der Waals surface area (Å²) >= 11 is 0. The molecule has 0 aromatic rings. The van der Waals surface area contributed by atoms with E-state index in [2.05, 4.69) is 37.1 Å². The monoisotopic (exact) mass is 295 g/mol. The zero-order valence-corrected chi connectivity index (χ0v) is 14.3. The fourth-order valence-electron chi connectivity index (χ4n) is 3.79. The number of rotatable bonds is 9. The first-order valence-electron chi connectivity index (χ1n) is 8.57. The van der Waals surface area contributed by atoms with Gasteiger partial charge in [0.1, 0.15) is 5.54 Å². The molecule has 1 fully saturated rings. The molecule has 0 aromatic heterocycles. The molecular formula is C17H33N3O. The van der Waals surface area contributed by atoms with Crippen LogP contribution in [0.4, 0.5) is 0 Å². The molecule has 1 saturated carbocycles. The molecule has 0 spiro atoms. The van der Waals surface area contributed by atoms with Crippen molar-refractivity contribution in [2.24, 2.45) is 0 Å².